The van der Waals surface area contributed by atoms with E-state index in [0.717, 1.165) is 19.4 Å². The molecule has 2 saturated heterocycles. The van der Waals surface area contributed by atoms with Crippen molar-refractivity contribution in [2.45, 2.75) is 50.3 Å². The fourth-order valence-corrected chi connectivity index (χ4v) is 5.97. The number of hydrogen-bond acceptors (Lipinski definition) is 3. The predicted molar refractivity (Wildman–Crippen MR) is 103 cm³/mol. The van der Waals surface area contributed by atoms with Crippen LogP contribution in [-0.4, -0.2) is 50.3 Å². The molecule has 2 fully saturated rings. The van der Waals surface area contributed by atoms with E-state index >= 15 is 0 Å². The molecule has 0 saturated carbocycles. The van der Waals surface area contributed by atoms with E-state index in [4.69, 9.17) is 11.6 Å². The van der Waals surface area contributed by atoms with E-state index < -0.39 is 10.0 Å². The average Bonchev–Trinajstić information content (AvgIpc) is 2.86. The number of hydrogen-bond donors (Lipinski definition) is 0. The summed E-state index contributed by atoms with van der Waals surface area (Å²) in [5.74, 6) is 0.616. The highest BCUT2D eigenvalue weighted by Crippen LogP contribution is 2.29. The topological polar surface area (TPSA) is 40.6 Å². The molecular formula is C19H29ClN2O2S. The largest absolute Gasteiger partial charge is 0.303 e. The van der Waals surface area contributed by atoms with Crippen LogP contribution in [0.2, 0.25) is 5.02 Å². The highest BCUT2D eigenvalue weighted by molar-refractivity contribution is 7.89. The monoisotopic (exact) mass is 384 g/mol. The summed E-state index contributed by atoms with van der Waals surface area (Å²) in [6.45, 7) is 6.56. The molecule has 25 heavy (non-hydrogen) atoms. The van der Waals surface area contributed by atoms with Gasteiger partial charge in [0.25, 0.3) is 0 Å². The molecule has 0 N–H and O–H groups in total. The summed E-state index contributed by atoms with van der Waals surface area (Å²) >= 11 is 6.12. The third kappa shape index (κ3) is 4.57. The third-order valence-electron chi connectivity index (χ3n) is 5.62. The number of benzene rings is 1. The maximum Gasteiger partial charge on any atom is 0.243 e. The van der Waals surface area contributed by atoms with Crippen molar-refractivity contribution in [2.24, 2.45) is 5.92 Å². The maximum atomic E-state index is 13.0. The van der Waals surface area contributed by atoms with Crippen LogP contribution in [-0.2, 0) is 10.0 Å². The maximum absolute atomic E-state index is 13.0. The van der Waals surface area contributed by atoms with Gasteiger partial charge in [-0.25, -0.2) is 8.42 Å². The smallest absolute Gasteiger partial charge is 0.243 e. The summed E-state index contributed by atoms with van der Waals surface area (Å²) in [6, 6.07) is 5.12. The Morgan fingerprint density at radius 2 is 1.68 bits per heavy atom. The van der Waals surface area contributed by atoms with Crippen molar-refractivity contribution in [3.8, 4) is 0 Å². The summed E-state index contributed by atoms with van der Waals surface area (Å²) in [5.41, 5.74) is 0.649. The fraction of sp³-hybridized carbons (Fsp3) is 0.684. The van der Waals surface area contributed by atoms with Gasteiger partial charge in [0, 0.05) is 24.7 Å². The van der Waals surface area contributed by atoms with E-state index in [1.165, 1.54) is 38.8 Å². The summed E-state index contributed by atoms with van der Waals surface area (Å²) in [5, 5.41) is 0.511. The van der Waals surface area contributed by atoms with Crippen molar-refractivity contribution < 1.29 is 8.42 Å². The molecule has 0 atom stereocenters. The van der Waals surface area contributed by atoms with Crippen molar-refractivity contribution in [3.63, 3.8) is 0 Å². The SMILES string of the molecule is Cc1c(Cl)cccc1S(=O)(=O)N1CCC(CN2CCCCCC2)CC1. The second-order valence-electron chi connectivity index (χ2n) is 7.43. The molecule has 0 spiro atoms. The Hall–Kier alpha value is -0.620. The summed E-state index contributed by atoms with van der Waals surface area (Å²) in [4.78, 5) is 2.94. The van der Waals surface area contributed by atoms with Gasteiger partial charge in [-0.05, 0) is 69.3 Å². The summed E-state index contributed by atoms with van der Waals surface area (Å²) in [6.07, 6.45) is 7.23. The van der Waals surface area contributed by atoms with Crippen LogP contribution in [0.25, 0.3) is 0 Å². The van der Waals surface area contributed by atoms with Crippen molar-refractivity contribution in [1.82, 2.24) is 9.21 Å². The molecule has 0 unspecified atom stereocenters. The third-order valence-corrected chi connectivity index (χ3v) is 8.08. The van der Waals surface area contributed by atoms with Gasteiger partial charge in [-0.1, -0.05) is 30.5 Å². The van der Waals surface area contributed by atoms with E-state index in [2.05, 4.69) is 4.90 Å². The molecule has 1 aromatic carbocycles. The zero-order valence-electron chi connectivity index (χ0n) is 15.1. The molecule has 1 aromatic rings. The predicted octanol–water partition coefficient (Wildman–Crippen LogP) is 3.93. The van der Waals surface area contributed by atoms with Crippen molar-refractivity contribution in [1.29, 1.82) is 0 Å². The standard InChI is InChI=1S/C19H29ClN2O2S/c1-16-18(20)7-6-8-19(16)25(23,24)22-13-9-17(10-14-22)15-21-11-4-2-3-5-12-21/h6-8,17H,2-5,9-15H2,1H3. The zero-order valence-corrected chi connectivity index (χ0v) is 16.7. The quantitative estimate of drug-likeness (QED) is 0.789. The minimum absolute atomic E-state index is 0.353. The highest BCUT2D eigenvalue weighted by Gasteiger charge is 2.31. The number of likely N-dealkylation sites (tertiary alicyclic amines) is 1. The van der Waals surface area contributed by atoms with Crippen LogP contribution in [0, 0.1) is 12.8 Å². The van der Waals surface area contributed by atoms with E-state index in [-0.39, 0.29) is 0 Å². The van der Waals surface area contributed by atoms with Gasteiger partial charge in [-0.15, -0.1) is 0 Å². The average molecular weight is 385 g/mol. The molecule has 2 aliphatic heterocycles. The fourth-order valence-electron chi connectivity index (χ4n) is 4.02. The molecular weight excluding hydrogens is 356 g/mol. The van der Waals surface area contributed by atoms with Gasteiger partial charge >= 0.3 is 0 Å². The van der Waals surface area contributed by atoms with Gasteiger partial charge in [0.1, 0.15) is 0 Å². The Morgan fingerprint density at radius 1 is 1.04 bits per heavy atom. The van der Waals surface area contributed by atoms with Crippen LogP contribution >= 0.6 is 11.6 Å². The Kier molecular flexibility index (Phi) is 6.42. The first-order chi connectivity index (χ1) is 12.0. The van der Waals surface area contributed by atoms with Crippen LogP contribution < -0.4 is 0 Å². The van der Waals surface area contributed by atoms with E-state index in [9.17, 15) is 8.42 Å². The number of nitrogens with zero attached hydrogens (tertiary/aromatic N) is 2. The number of piperidine rings is 1. The van der Waals surface area contributed by atoms with E-state index in [0.29, 0.717) is 34.5 Å². The van der Waals surface area contributed by atoms with Gasteiger partial charge in [0.2, 0.25) is 10.0 Å². The summed E-state index contributed by atoms with van der Waals surface area (Å²) in [7, 11) is -3.44. The number of sulfonamides is 1. The number of rotatable bonds is 4. The van der Waals surface area contributed by atoms with Gasteiger partial charge in [-0.3, -0.25) is 0 Å². The second-order valence-corrected chi connectivity index (χ2v) is 9.74. The molecule has 4 nitrogen and oxygen atoms in total. The van der Waals surface area contributed by atoms with E-state index in [1.807, 2.05) is 0 Å². The lowest BCUT2D eigenvalue weighted by Crippen LogP contribution is -2.42. The van der Waals surface area contributed by atoms with Crippen molar-refractivity contribution in [3.05, 3.63) is 28.8 Å². The molecule has 0 amide bonds. The number of halogens is 1. The minimum Gasteiger partial charge on any atom is -0.303 e. The molecule has 2 heterocycles. The van der Waals surface area contributed by atoms with Crippen molar-refractivity contribution in [2.75, 3.05) is 32.7 Å². The molecule has 3 rings (SSSR count). The molecule has 0 radical (unpaired) electrons. The Balaban J connectivity index is 1.60. The van der Waals surface area contributed by atoms with Crippen LogP contribution in [0.4, 0.5) is 0 Å². The van der Waals surface area contributed by atoms with Crippen LogP contribution in [0.5, 0.6) is 0 Å². The first-order valence-corrected chi connectivity index (χ1v) is 11.3. The second kappa shape index (κ2) is 8.38. The van der Waals surface area contributed by atoms with Gasteiger partial charge in [-0.2, -0.15) is 4.31 Å². The summed E-state index contributed by atoms with van der Waals surface area (Å²) < 4.78 is 27.6. The molecule has 0 bridgehead atoms. The molecule has 2 aliphatic rings. The van der Waals surface area contributed by atoms with Gasteiger partial charge in [0.05, 0.1) is 4.90 Å². The Bertz CT molecular complexity index is 677. The lowest BCUT2D eigenvalue weighted by atomic mass is 9.97. The Morgan fingerprint density at radius 3 is 2.32 bits per heavy atom. The highest BCUT2D eigenvalue weighted by atomic mass is 35.5. The Labute approximate surface area is 157 Å². The minimum atomic E-state index is -3.44. The van der Waals surface area contributed by atoms with Gasteiger partial charge < -0.3 is 4.90 Å². The lowest BCUT2D eigenvalue weighted by Gasteiger charge is -2.34. The molecule has 6 heteroatoms. The molecule has 0 aromatic heterocycles. The van der Waals surface area contributed by atoms with Crippen LogP contribution in [0.15, 0.2) is 23.1 Å². The first kappa shape index (κ1) is 19.2. The molecule has 140 valence electrons. The van der Waals surface area contributed by atoms with Crippen molar-refractivity contribution >= 4 is 21.6 Å². The van der Waals surface area contributed by atoms with Gasteiger partial charge in [0.15, 0.2) is 0 Å². The van der Waals surface area contributed by atoms with E-state index in [1.54, 1.807) is 29.4 Å². The normalized spacial score (nSPS) is 22.0. The van der Waals surface area contributed by atoms with Crippen LogP contribution in [0.3, 0.4) is 0 Å². The van der Waals surface area contributed by atoms with Crippen LogP contribution in [0.1, 0.15) is 44.1 Å². The lowest BCUT2D eigenvalue weighted by molar-refractivity contribution is 0.186. The zero-order chi connectivity index (χ0) is 17.9. The first-order valence-electron chi connectivity index (χ1n) is 9.46. The molecule has 0 aliphatic carbocycles.